The van der Waals surface area contributed by atoms with E-state index in [1.54, 1.807) is 24.7 Å². The highest BCUT2D eigenvalue weighted by atomic mass is 16.5. The molecule has 0 unspecified atom stereocenters. The number of hydrogen-bond donors (Lipinski definition) is 0. The Balaban J connectivity index is 1.23. The van der Waals surface area contributed by atoms with E-state index >= 15 is 0 Å². The average Bonchev–Trinajstić information content (AvgIpc) is 3.58. The second-order valence-corrected chi connectivity index (χ2v) is 9.66. The van der Waals surface area contributed by atoms with Crippen molar-refractivity contribution in [1.29, 1.82) is 0 Å². The lowest BCUT2D eigenvalue weighted by Crippen LogP contribution is -2.08. The molecule has 6 aromatic rings. The van der Waals surface area contributed by atoms with Gasteiger partial charge in [0.1, 0.15) is 0 Å². The molecule has 8 nitrogen and oxygen atoms in total. The minimum atomic E-state index is -0.467. The monoisotopic (exact) mass is 526 g/mol. The number of allylic oxidation sites excluding steroid dienone is 1. The van der Waals surface area contributed by atoms with Crippen LogP contribution in [0.25, 0.3) is 49.5 Å². The summed E-state index contributed by atoms with van der Waals surface area (Å²) < 4.78 is 34.5. The Labute approximate surface area is 222 Å². The van der Waals surface area contributed by atoms with E-state index in [0.29, 0.717) is 53.3 Å². The van der Waals surface area contributed by atoms with Crippen molar-refractivity contribution < 1.29 is 27.1 Å². The summed E-state index contributed by atoms with van der Waals surface area (Å²) in [6, 6.07) is 11.9. The Hall–Kier alpha value is -4.72. The van der Waals surface area contributed by atoms with Crippen molar-refractivity contribution in [3.63, 3.8) is 0 Å². The first kappa shape index (κ1) is 24.6. The van der Waals surface area contributed by atoms with E-state index in [2.05, 4.69) is 6.58 Å². The van der Waals surface area contributed by atoms with Crippen LogP contribution >= 0.6 is 0 Å². The predicted molar refractivity (Wildman–Crippen MR) is 149 cm³/mol. The van der Waals surface area contributed by atoms with Crippen molar-refractivity contribution in [3.05, 3.63) is 88.0 Å². The van der Waals surface area contributed by atoms with Gasteiger partial charge in [0.15, 0.2) is 22.3 Å². The predicted octanol–water partition coefficient (Wildman–Crippen LogP) is 7.44. The summed E-state index contributed by atoms with van der Waals surface area (Å²) in [5, 5.41) is 3.22. The highest BCUT2D eigenvalue weighted by Gasteiger charge is 2.22. The molecular formula is C31H26O8. The van der Waals surface area contributed by atoms with Gasteiger partial charge in [-0.15, -0.1) is 0 Å². The van der Waals surface area contributed by atoms with E-state index < -0.39 is 11.3 Å². The lowest BCUT2D eigenvalue weighted by molar-refractivity contribution is 0.241. The lowest BCUT2D eigenvalue weighted by Gasteiger charge is -2.16. The molecule has 8 heteroatoms. The molecule has 4 heterocycles. The van der Waals surface area contributed by atoms with E-state index in [0.717, 1.165) is 39.1 Å². The van der Waals surface area contributed by atoms with Crippen molar-refractivity contribution in [2.45, 2.75) is 39.2 Å². The standard InChI is InChI=1S/C31H26O8/c1-17(2)37-31-28-22(12-15-36-28)25(21-8-10-24(33)39-29(21)31)18(3)6-4-5-13-34-30-26-20(11-14-35-26)16-19-7-9-23(32)38-27(19)30/h7-12,14-17H,3-6,13H2,1-2H3. The first-order chi connectivity index (χ1) is 18.9. The summed E-state index contributed by atoms with van der Waals surface area (Å²) in [4.78, 5) is 23.9. The van der Waals surface area contributed by atoms with Gasteiger partial charge >= 0.3 is 11.3 Å². The van der Waals surface area contributed by atoms with Gasteiger partial charge in [0.25, 0.3) is 0 Å². The van der Waals surface area contributed by atoms with E-state index in [1.165, 1.54) is 12.1 Å². The third-order valence-corrected chi connectivity index (χ3v) is 6.56. The molecule has 0 spiro atoms. The zero-order chi connectivity index (χ0) is 27.1. The summed E-state index contributed by atoms with van der Waals surface area (Å²) in [5.41, 5.74) is 2.60. The zero-order valence-electron chi connectivity index (χ0n) is 21.6. The number of ether oxygens (including phenoxy) is 2. The maximum atomic E-state index is 12.1. The van der Waals surface area contributed by atoms with Gasteiger partial charge in [-0.25, -0.2) is 9.59 Å². The molecule has 39 heavy (non-hydrogen) atoms. The Morgan fingerprint density at radius 2 is 1.49 bits per heavy atom. The Morgan fingerprint density at radius 1 is 0.795 bits per heavy atom. The SMILES string of the molecule is C=C(CCCCOc1c2occc2cc2ccc(=O)oc12)c1c2ccoc2c(OC(C)C)c2oc(=O)ccc12. The first-order valence-electron chi connectivity index (χ1n) is 12.8. The maximum Gasteiger partial charge on any atom is 0.336 e. The Bertz CT molecular complexity index is 1960. The Morgan fingerprint density at radius 3 is 2.31 bits per heavy atom. The summed E-state index contributed by atoms with van der Waals surface area (Å²) >= 11 is 0. The molecule has 0 atom stereocenters. The van der Waals surface area contributed by atoms with Gasteiger partial charge in [0, 0.05) is 33.7 Å². The Kier molecular flexibility index (Phi) is 6.23. The molecule has 0 N–H and O–H groups in total. The van der Waals surface area contributed by atoms with Crippen LogP contribution in [0.15, 0.2) is 88.8 Å². The topological polar surface area (TPSA) is 105 Å². The van der Waals surface area contributed by atoms with Gasteiger partial charge in [-0.2, -0.15) is 0 Å². The zero-order valence-corrected chi connectivity index (χ0v) is 21.6. The lowest BCUT2D eigenvalue weighted by atomic mass is 9.94. The number of rotatable bonds is 9. The van der Waals surface area contributed by atoms with Crippen molar-refractivity contribution in [2.75, 3.05) is 6.61 Å². The molecule has 0 fully saturated rings. The molecule has 0 bridgehead atoms. The molecule has 0 radical (unpaired) electrons. The van der Waals surface area contributed by atoms with Crippen LogP contribution in [0.1, 0.15) is 38.7 Å². The van der Waals surface area contributed by atoms with E-state index in [9.17, 15) is 9.59 Å². The van der Waals surface area contributed by atoms with Crippen LogP contribution in [0.5, 0.6) is 11.5 Å². The highest BCUT2D eigenvalue weighted by molar-refractivity contribution is 6.10. The minimum Gasteiger partial charge on any atom is -0.486 e. The summed E-state index contributed by atoms with van der Waals surface area (Å²) in [7, 11) is 0. The minimum absolute atomic E-state index is 0.141. The van der Waals surface area contributed by atoms with Crippen LogP contribution in [-0.4, -0.2) is 12.7 Å². The fourth-order valence-corrected chi connectivity index (χ4v) is 4.91. The average molecular weight is 527 g/mol. The molecule has 0 saturated carbocycles. The number of fused-ring (bicyclic) bond motifs is 4. The molecule has 0 amide bonds. The normalized spacial score (nSPS) is 11.8. The largest absolute Gasteiger partial charge is 0.486 e. The summed E-state index contributed by atoms with van der Waals surface area (Å²) in [6.07, 6.45) is 5.19. The molecule has 198 valence electrons. The summed E-state index contributed by atoms with van der Waals surface area (Å²) in [5.74, 6) is 0.833. The van der Waals surface area contributed by atoms with Crippen LogP contribution in [0, 0.1) is 0 Å². The molecule has 6 rings (SSSR count). The molecule has 0 aliphatic heterocycles. The fourth-order valence-electron chi connectivity index (χ4n) is 4.91. The number of furan rings is 2. The van der Waals surface area contributed by atoms with Crippen LogP contribution < -0.4 is 20.7 Å². The number of unbranched alkanes of at least 4 members (excludes halogenated alkanes) is 1. The van der Waals surface area contributed by atoms with Crippen molar-refractivity contribution in [2.24, 2.45) is 0 Å². The first-order valence-corrected chi connectivity index (χ1v) is 12.8. The molecule has 0 aliphatic carbocycles. The van der Waals surface area contributed by atoms with Gasteiger partial charge in [-0.3, -0.25) is 0 Å². The number of hydrogen-bond acceptors (Lipinski definition) is 8. The smallest absolute Gasteiger partial charge is 0.336 e. The molecule has 4 aromatic heterocycles. The van der Waals surface area contributed by atoms with E-state index in [4.69, 9.17) is 27.1 Å². The molecular weight excluding hydrogens is 500 g/mol. The second-order valence-electron chi connectivity index (χ2n) is 9.66. The third-order valence-electron chi connectivity index (χ3n) is 6.56. The number of benzene rings is 2. The third kappa shape index (κ3) is 4.48. The van der Waals surface area contributed by atoms with Gasteiger partial charge in [0.05, 0.1) is 25.2 Å². The van der Waals surface area contributed by atoms with Crippen LogP contribution in [-0.2, 0) is 0 Å². The van der Waals surface area contributed by atoms with Gasteiger partial charge in [-0.1, -0.05) is 6.58 Å². The maximum absolute atomic E-state index is 12.1. The second kappa shape index (κ2) is 9.87. The van der Waals surface area contributed by atoms with Crippen LogP contribution in [0.2, 0.25) is 0 Å². The van der Waals surface area contributed by atoms with Crippen molar-refractivity contribution >= 4 is 49.5 Å². The van der Waals surface area contributed by atoms with Crippen molar-refractivity contribution in [1.82, 2.24) is 0 Å². The van der Waals surface area contributed by atoms with Gasteiger partial charge < -0.3 is 27.1 Å². The quantitative estimate of drug-likeness (QED) is 0.141. The van der Waals surface area contributed by atoms with E-state index in [-0.39, 0.29) is 6.10 Å². The molecule has 0 aliphatic rings. The summed E-state index contributed by atoms with van der Waals surface area (Å²) in [6.45, 7) is 8.54. The molecule has 0 saturated heterocycles. The highest BCUT2D eigenvalue weighted by Crippen LogP contribution is 2.42. The van der Waals surface area contributed by atoms with E-state index in [1.807, 2.05) is 32.0 Å². The fraction of sp³-hybridized carbons (Fsp3) is 0.226. The van der Waals surface area contributed by atoms with Gasteiger partial charge in [-0.05, 0) is 74.6 Å². The van der Waals surface area contributed by atoms with Crippen molar-refractivity contribution in [3.8, 4) is 11.5 Å². The van der Waals surface area contributed by atoms with Crippen LogP contribution in [0.3, 0.4) is 0 Å². The molecule has 2 aromatic carbocycles. The van der Waals surface area contributed by atoms with Gasteiger partial charge in [0.2, 0.25) is 11.5 Å². The van der Waals surface area contributed by atoms with Crippen LogP contribution in [0.4, 0.5) is 0 Å².